The molecule has 0 fully saturated rings. The highest BCUT2D eigenvalue weighted by Crippen LogP contribution is 2.42. The van der Waals surface area contributed by atoms with Crippen LogP contribution in [0.25, 0.3) is 28.2 Å². The first kappa shape index (κ1) is 26.1. The van der Waals surface area contributed by atoms with Gasteiger partial charge >= 0.3 is 5.97 Å². The van der Waals surface area contributed by atoms with E-state index in [4.69, 9.17) is 9.84 Å². The van der Waals surface area contributed by atoms with Gasteiger partial charge in [-0.3, -0.25) is 14.1 Å². The second-order valence-electron chi connectivity index (χ2n) is 10.1. The van der Waals surface area contributed by atoms with E-state index in [9.17, 15) is 4.79 Å². The fourth-order valence-corrected chi connectivity index (χ4v) is 5.78. The van der Waals surface area contributed by atoms with Crippen LogP contribution in [0.3, 0.4) is 0 Å². The third-order valence-corrected chi connectivity index (χ3v) is 7.76. The Kier molecular flexibility index (Phi) is 6.60. The van der Waals surface area contributed by atoms with Gasteiger partial charge in [-0.15, -0.1) is 0 Å². The average molecular weight is 562 g/mol. The minimum Gasteiger partial charge on any atom is -0.464 e. The largest absolute Gasteiger partial charge is 0.464 e. The van der Waals surface area contributed by atoms with E-state index >= 15 is 0 Å². The molecule has 0 bridgehead atoms. The van der Waals surface area contributed by atoms with Crippen LogP contribution < -0.4 is 0 Å². The molecule has 4 aromatic heterocycles. The lowest BCUT2D eigenvalue weighted by molar-refractivity contribution is 0.0593. The summed E-state index contributed by atoms with van der Waals surface area (Å²) in [5.41, 5.74) is 6.17. The number of esters is 1. The zero-order chi connectivity index (χ0) is 29.2. The summed E-state index contributed by atoms with van der Waals surface area (Å²) in [5, 5.41) is 5.01. The predicted molar refractivity (Wildman–Crippen MR) is 166 cm³/mol. The van der Waals surface area contributed by atoms with Gasteiger partial charge in [0.1, 0.15) is 11.2 Å². The molecule has 4 heterocycles. The molecule has 0 aliphatic carbocycles. The van der Waals surface area contributed by atoms with Crippen LogP contribution in [0.1, 0.15) is 27.2 Å². The first-order valence-electron chi connectivity index (χ1n) is 13.9. The zero-order valence-electron chi connectivity index (χ0n) is 23.4. The maximum absolute atomic E-state index is 13.3. The third-order valence-electron chi connectivity index (χ3n) is 7.76. The van der Waals surface area contributed by atoms with Crippen molar-refractivity contribution in [3.05, 3.63) is 168 Å². The number of aromatic nitrogens is 5. The first-order chi connectivity index (χ1) is 21.2. The summed E-state index contributed by atoms with van der Waals surface area (Å²) in [5.74, 6) is -0.521. The summed E-state index contributed by atoms with van der Waals surface area (Å²) < 4.78 is 9.14. The van der Waals surface area contributed by atoms with Gasteiger partial charge in [0.25, 0.3) is 0 Å². The summed E-state index contributed by atoms with van der Waals surface area (Å²) in [6, 6.07) is 40.3. The fourth-order valence-electron chi connectivity index (χ4n) is 5.78. The maximum atomic E-state index is 13.3. The molecule has 0 aliphatic heterocycles. The minimum atomic E-state index is -0.886. The van der Waals surface area contributed by atoms with Gasteiger partial charge in [0.15, 0.2) is 5.69 Å². The van der Waals surface area contributed by atoms with Crippen LogP contribution in [-0.2, 0) is 10.3 Å². The lowest BCUT2D eigenvalue weighted by Gasteiger charge is -2.36. The molecule has 0 radical (unpaired) electrons. The van der Waals surface area contributed by atoms with Crippen LogP contribution in [0.5, 0.6) is 0 Å². The second kappa shape index (κ2) is 10.9. The van der Waals surface area contributed by atoms with Crippen LogP contribution in [-0.4, -0.2) is 37.2 Å². The average Bonchev–Trinajstić information content (AvgIpc) is 3.72. The van der Waals surface area contributed by atoms with Crippen molar-refractivity contribution < 1.29 is 9.53 Å². The first-order valence-corrected chi connectivity index (χ1v) is 13.9. The molecule has 0 amide bonds. The molecule has 7 nitrogen and oxygen atoms in total. The van der Waals surface area contributed by atoms with Gasteiger partial charge in [0.05, 0.1) is 24.7 Å². The number of carbonyl (C=O) groups is 1. The molecule has 0 aliphatic rings. The van der Waals surface area contributed by atoms with Gasteiger partial charge in [0, 0.05) is 29.7 Å². The van der Waals surface area contributed by atoms with Gasteiger partial charge in [-0.1, -0.05) is 97.1 Å². The van der Waals surface area contributed by atoms with Gasteiger partial charge in [-0.05, 0) is 41.0 Å². The van der Waals surface area contributed by atoms with E-state index in [2.05, 4.69) is 46.4 Å². The van der Waals surface area contributed by atoms with E-state index < -0.39 is 11.5 Å². The third kappa shape index (κ3) is 4.38. The van der Waals surface area contributed by atoms with E-state index in [1.54, 1.807) is 12.4 Å². The van der Waals surface area contributed by atoms with E-state index in [1.807, 2.05) is 106 Å². The molecule has 7 rings (SSSR count). The number of fused-ring (bicyclic) bond motifs is 1. The van der Waals surface area contributed by atoms with Gasteiger partial charge < -0.3 is 4.74 Å². The highest BCUT2D eigenvalue weighted by Gasteiger charge is 2.40. The van der Waals surface area contributed by atoms with E-state index in [0.29, 0.717) is 5.56 Å². The van der Waals surface area contributed by atoms with Crippen LogP contribution >= 0.6 is 0 Å². The van der Waals surface area contributed by atoms with Crippen molar-refractivity contribution >= 4 is 11.6 Å². The second-order valence-corrected chi connectivity index (χ2v) is 10.1. The Balaban J connectivity index is 1.51. The Labute approximate surface area is 248 Å². The molecule has 7 heteroatoms. The van der Waals surface area contributed by atoms with Crippen molar-refractivity contribution in [2.24, 2.45) is 0 Å². The molecule has 0 atom stereocenters. The van der Waals surface area contributed by atoms with E-state index in [-0.39, 0.29) is 5.69 Å². The number of rotatable bonds is 7. The Bertz CT molecular complexity index is 1920. The van der Waals surface area contributed by atoms with Crippen LogP contribution in [0, 0.1) is 0 Å². The molecule has 0 unspecified atom stereocenters. The molecular formula is C36H27N5O2. The molecule has 208 valence electrons. The Morgan fingerprint density at radius 1 is 0.698 bits per heavy atom. The Morgan fingerprint density at radius 3 is 1.86 bits per heavy atom. The number of pyridine rings is 2. The predicted octanol–water partition coefficient (Wildman–Crippen LogP) is 6.89. The van der Waals surface area contributed by atoms with Gasteiger partial charge in [-0.2, -0.15) is 5.10 Å². The highest BCUT2D eigenvalue weighted by atomic mass is 16.5. The smallest absolute Gasteiger partial charge is 0.359 e. The number of hydrogen-bond donors (Lipinski definition) is 0. The number of hydrogen-bond acceptors (Lipinski definition) is 5. The van der Waals surface area contributed by atoms with Gasteiger partial charge in [-0.25, -0.2) is 9.78 Å². The summed E-state index contributed by atoms with van der Waals surface area (Å²) in [4.78, 5) is 22.4. The normalized spacial score (nSPS) is 11.5. The summed E-state index contributed by atoms with van der Waals surface area (Å²) in [6.45, 7) is 0. The molecular weight excluding hydrogens is 534 g/mol. The van der Waals surface area contributed by atoms with Crippen molar-refractivity contribution in [3.8, 4) is 22.5 Å². The minimum absolute atomic E-state index is 0.216. The lowest BCUT2D eigenvalue weighted by Crippen LogP contribution is -2.38. The fraction of sp³-hybridized carbons (Fsp3) is 0.0556. The van der Waals surface area contributed by atoms with E-state index in [1.165, 1.54) is 7.11 Å². The monoisotopic (exact) mass is 561 g/mol. The number of ether oxygens (including phenoxy) is 1. The van der Waals surface area contributed by atoms with Crippen LogP contribution in [0.2, 0.25) is 0 Å². The summed E-state index contributed by atoms with van der Waals surface area (Å²) in [7, 11) is 1.38. The van der Waals surface area contributed by atoms with Gasteiger partial charge in [0.2, 0.25) is 0 Å². The van der Waals surface area contributed by atoms with Crippen LogP contribution in [0.4, 0.5) is 0 Å². The number of benzene rings is 3. The molecule has 0 saturated heterocycles. The molecule has 0 N–H and O–H groups in total. The summed E-state index contributed by atoms with van der Waals surface area (Å²) in [6.07, 6.45) is 7.47. The standard InChI is InChI=1S/C36H27N5O2/c1-43-35(42)34-30(26-20-21-33-38-23-32(40(33)24-26)31-19-11-12-22-37-31)25-41(39-34)36(27-13-5-2-6-14-27,28-15-7-3-8-16-28)29-17-9-4-10-18-29/h2-25H,1H3. The van der Waals surface area contributed by atoms with E-state index in [0.717, 1.165) is 39.3 Å². The van der Waals surface area contributed by atoms with Crippen molar-refractivity contribution in [2.45, 2.75) is 5.54 Å². The number of carbonyl (C=O) groups excluding carboxylic acids is 1. The topological polar surface area (TPSA) is 74.3 Å². The van der Waals surface area contributed by atoms with Crippen LogP contribution in [0.15, 0.2) is 146 Å². The Hall–Kier alpha value is -5.82. The number of nitrogens with zero attached hydrogens (tertiary/aromatic N) is 5. The van der Waals surface area contributed by atoms with Crippen molar-refractivity contribution in [3.63, 3.8) is 0 Å². The number of methoxy groups -OCH3 is 1. The van der Waals surface area contributed by atoms with Crippen molar-refractivity contribution in [1.82, 2.24) is 24.1 Å². The summed E-state index contributed by atoms with van der Waals surface area (Å²) >= 11 is 0. The molecule has 7 aromatic rings. The zero-order valence-corrected chi connectivity index (χ0v) is 23.4. The maximum Gasteiger partial charge on any atom is 0.359 e. The Morgan fingerprint density at radius 2 is 1.30 bits per heavy atom. The van der Waals surface area contributed by atoms with Crippen molar-refractivity contribution in [1.29, 1.82) is 0 Å². The SMILES string of the molecule is COC(=O)c1nn(C(c2ccccc2)(c2ccccc2)c2ccccc2)cc1-c1ccc2ncc(-c3ccccn3)n2c1. The molecule has 0 saturated carbocycles. The lowest BCUT2D eigenvalue weighted by atomic mass is 9.77. The molecule has 3 aromatic carbocycles. The number of imidazole rings is 1. The van der Waals surface area contributed by atoms with Crippen molar-refractivity contribution in [2.75, 3.05) is 7.11 Å². The quantitative estimate of drug-likeness (QED) is 0.157. The highest BCUT2D eigenvalue weighted by molar-refractivity contribution is 5.95. The molecule has 43 heavy (non-hydrogen) atoms. The molecule has 0 spiro atoms.